The summed E-state index contributed by atoms with van der Waals surface area (Å²) >= 11 is 1.40. The van der Waals surface area contributed by atoms with Crippen molar-refractivity contribution in [1.82, 2.24) is 0 Å². The Balaban J connectivity index is 2.57. The van der Waals surface area contributed by atoms with Gasteiger partial charge in [0.2, 0.25) is 5.91 Å². The molecular formula is C8H7NO2S. The monoisotopic (exact) mass is 181 g/mol. The Kier molecular flexibility index (Phi) is 1.51. The first-order valence-corrected chi connectivity index (χ1v) is 4.47. The van der Waals surface area contributed by atoms with Crippen LogP contribution in [0.1, 0.15) is 21.7 Å². The normalized spacial score (nSPS) is 15.8. The fourth-order valence-corrected chi connectivity index (χ4v) is 2.16. The number of amides is 1. The van der Waals surface area contributed by atoms with Crippen molar-refractivity contribution >= 4 is 28.7 Å². The maximum absolute atomic E-state index is 11.3. The number of hydrogen-bond donors (Lipinski definition) is 1. The van der Waals surface area contributed by atoms with Crippen molar-refractivity contribution in [3.8, 4) is 0 Å². The molecule has 2 rings (SSSR count). The molecule has 0 bridgehead atoms. The smallest absolute Gasteiger partial charge is 0.232 e. The highest BCUT2D eigenvalue weighted by Gasteiger charge is 2.25. The van der Waals surface area contributed by atoms with Crippen molar-refractivity contribution in [2.45, 2.75) is 13.3 Å². The summed E-state index contributed by atoms with van der Waals surface area (Å²) in [5.74, 6) is -0.263. The van der Waals surface area contributed by atoms with Crippen LogP contribution in [0.25, 0.3) is 0 Å². The summed E-state index contributed by atoms with van der Waals surface area (Å²) in [5.41, 5.74) is 1.68. The average molecular weight is 181 g/mol. The average Bonchev–Trinajstić information content (AvgIpc) is 2.33. The molecule has 0 aromatic carbocycles. The van der Waals surface area contributed by atoms with E-state index < -0.39 is 0 Å². The van der Waals surface area contributed by atoms with E-state index >= 15 is 0 Å². The van der Waals surface area contributed by atoms with Crippen LogP contribution in [-0.4, -0.2) is 11.7 Å². The zero-order chi connectivity index (χ0) is 8.72. The zero-order valence-electron chi connectivity index (χ0n) is 6.51. The number of anilines is 1. The summed E-state index contributed by atoms with van der Waals surface area (Å²) in [6.07, 6.45) is -0.00699. The molecule has 0 fully saturated rings. The fraction of sp³-hybridized carbons (Fsp3) is 0.250. The van der Waals surface area contributed by atoms with Gasteiger partial charge in [-0.15, -0.1) is 11.3 Å². The summed E-state index contributed by atoms with van der Waals surface area (Å²) in [6, 6.07) is 0. The standard InChI is InChI=1S/C8H7NO2S/c1-4-3-12-8-5(10)2-6(11)9-7(4)8/h3H,2H2,1H3,(H,9,11). The van der Waals surface area contributed by atoms with Crippen LogP contribution in [0.4, 0.5) is 5.69 Å². The first-order chi connectivity index (χ1) is 5.68. The van der Waals surface area contributed by atoms with Gasteiger partial charge in [0, 0.05) is 0 Å². The number of carbonyl (C=O) groups excluding carboxylic acids is 2. The van der Waals surface area contributed by atoms with E-state index in [1.165, 1.54) is 11.3 Å². The third-order valence-electron chi connectivity index (χ3n) is 1.81. The van der Waals surface area contributed by atoms with Gasteiger partial charge in [-0.1, -0.05) is 0 Å². The summed E-state index contributed by atoms with van der Waals surface area (Å²) in [6.45, 7) is 1.88. The summed E-state index contributed by atoms with van der Waals surface area (Å²) in [4.78, 5) is 22.9. The van der Waals surface area contributed by atoms with Crippen molar-refractivity contribution in [1.29, 1.82) is 0 Å². The minimum atomic E-state index is -0.200. The van der Waals surface area contributed by atoms with Gasteiger partial charge in [-0.05, 0) is 17.9 Å². The minimum Gasteiger partial charge on any atom is -0.324 e. The number of hydrogen-bond acceptors (Lipinski definition) is 3. The maximum Gasteiger partial charge on any atom is 0.232 e. The Morgan fingerprint density at radius 3 is 3.00 bits per heavy atom. The Morgan fingerprint density at radius 2 is 2.25 bits per heavy atom. The van der Waals surface area contributed by atoms with Crippen LogP contribution in [0, 0.1) is 6.92 Å². The van der Waals surface area contributed by atoms with Crippen LogP contribution in [0.5, 0.6) is 0 Å². The minimum absolute atomic E-state index is 0.00699. The first kappa shape index (κ1) is 7.49. The van der Waals surface area contributed by atoms with E-state index in [0.29, 0.717) is 10.6 Å². The molecule has 1 amide bonds. The van der Waals surface area contributed by atoms with Crippen molar-refractivity contribution in [2.24, 2.45) is 0 Å². The Morgan fingerprint density at radius 1 is 1.50 bits per heavy atom. The molecule has 1 aromatic heterocycles. The second kappa shape index (κ2) is 2.42. The molecule has 2 heterocycles. The van der Waals surface area contributed by atoms with Gasteiger partial charge >= 0.3 is 0 Å². The van der Waals surface area contributed by atoms with Gasteiger partial charge in [-0.25, -0.2) is 0 Å². The highest BCUT2D eigenvalue weighted by Crippen LogP contribution is 2.31. The first-order valence-electron chi connectivity index (χ1n) is 3.59. The van der Waals surface area contributed by atoms with E-state index in [0.717, 1.165) is 5.56 Å². The number of carbonyl (C=O) groups is 2. The third-order valence-corrected chi connectivity index (χ3v) is 2.95. The lowest BCUT2D eigenvalue weighted by Crippen LogP contribution is -2.22. The van der Waals surface area contributed by atoms with Crippen LogP contribution in [0.3, 0.4) is 0 Å². The Bertz CT molecular complexity index is 367. The molecule has 0 saturated heterocycles. The summed E-state index contributed by atoms with van der Waals surface area (Å²) in [5, 5.41) is 4.57. The van der Waals surface area contributed by atoms with E-state index in [2.05, 4.69) is 5.32 Å². The molecular weight excluding hydrogens is 174 g/mol. The predicted molar refractivity (Wildman–Crippen MR) is 46.6 cm³/mol. The fourth-order valence-electron chi connectivity index (χ4n) is 1.21. The zero-order valence-corrected chi connectivity index (χ0v) is 7.33. The predicted octanol–water partition coefficient (Wildman–Crippen LogP) is 1.58. The second-order valence-corrected chi connectivity index (χ2v) is 3.65. The van der Waals surface area contributed by atoms with Crippen molar-refractivity contribution in [2.75, 3.05) is 5.32 Å². The molecule has 62 valence electrons. The largest absolute Gasteiger partial charge is 0.324 e. The molecule has 12 heavy (non-hydrogen) atoms. The van der Waals surface area contributed by atoms with Gasteiger partial charge < -0.3 is 5.32 Å². The third kappa shape index (κ3) is 0.956. The number of Topliss-reactive ketones (excluding diaryl/α,β-unsaturated/α-hetero) is 1. The lowest BCUT2D eigenvalue weighted by molar-refractivity contribution is -0.115. The van der Waals surface area contributed by atoms with Crippen molar-refractivity contribution < 1.29 is 9.59 Å². The van der Waals surface area contributed by atoms with Gasteiger partial charge in [-0.2, -0.15) is 0 Å². The molecule has 4 heteroatoms. The molecule has 0 saturated carbocycles. The number of aryl methyl sites for hydroxylation is 1. The molecule has 0 aliphatic carbocycles. The van der Waals surface area contributed by atoms with E-state index in [-0.39, 0.29) is 18.1 Å². The molecule has 0 unspecified atom stereocenters. The molecule has 0 atom stereocenters. The number of rotatable bonds is 0. The highest BCUT2D eigenvalue weighted by atomic mass is 32.1. The molecule has 3 nitrogen and oxygen atoms in total. The SMILES string of the molecule is Cc1csc2c1NC(=O)CC2=O. The maximum atomic E-state index is 11.3. The van der Waals surface area contributed by atoms with Crippen LogP contribution in [-0.2, 0) is 4.79 Å². The molecule has 0 spiro atoms. The summed E-state index contributed by atoms with van der Waals surface area (Å²) in [7, 11) is 0. The highest BCUT2D eigenvalue weighted by molar-refractivity contribution is 7.13. The molecule has 1 aliphatic heterocycles. The van der Waals surface area contributed by atoms with E-state index in [1.807, 2.05) is 12.3 Å². The molecule has 1 aromatic rings. The van der Waals surface area contributed by atoms with Gasteiger partial charge in [-0.3, -0.25) is 9.59 Å². The van der Waals surface area contributed by atoms with Crippen LogP contribution in [0.15, 0.2) is 5.38 Å². The number of thiophene rings is 1. The molecule has 1 aliphatic rings. The number of ketones is 1. The van der Waals surface area contributed by atoms with E-state index in [1.54, 1.807) is 0 Å². The van der Waals surface area contributed by atoms with Crippen LogP contribution >= 0.6 is 11.3 Å². The van der Waals surface area contributed by atoms with E-state index in [4.69, 9.17) is 0 Å². The van der Waals surface area contributed by atoms with Gasteiger partial charge in [0.15, 0.2) is 5.78 Å². The quantitative estimate of drug-likeness (QED) is 0.618. The summed E-state index contributed by atoms with van der Waals surface area (Å²) < 4.78 is 0. The van der Waals surface area contributed by atoms with Crippen LogP contribution in [0.2, 0.25) is 0 Å². The number of fused-ring (bicyclic) bond motifs is 1. The lowest BCUT2D eigenvalue weighted by atomic mass is 10.1. The van der Waals surface area contributed by atoms with Gasteiger partial charge in [0.05, 0.1) is 17.0 Å². The van der Waals surface area contributed by atoms with E-state index in [9.17, 15) is 9.59 Å². The number of nitrogens with one attached hydrogen (secondary N) is 1. The second-order valence-electron chi connectivity index (χ2n) is 2.77. The molecule has 0 radical (unpaired) electrons. The van der Waals surface area contributed by atoms with Crippen molar-refractivity contribution in [3.05, 3.63) is 15.8 Å². The lowest BCUT2D eigenvalue weighted by Gasteiger charge is -2.11. The topological polar surface area (TPSA) is 46.2 Å². The molecule has 1 N–H and O–H groups in total. The van der Waals surface area contributed by atoms with Gasteiger partial charge in [0.1, 0.15) is 0 Å². The van der Waals surface area contributed by atoms with Crippen molar-refractivity contribution in [3.63, 3.8) is 0 Å². The van der Waals surface area contributed by atoms with Crippen LogP contribution < -0.4 is 5.32 Å². The van der Waals surface area contributed by atoms with Gasteiger partial charge in [0.25, 0.3) is 0 Å². The Hall–Kier alpha value is -1.16. The Labute approximate surface area is 73.4 Å².